The first-order valence-electron chi connectivity index (χ1n) is 5.25. The lowest BCUT2D eigenvalue weighted by atomic mass is 9.99. The van der Waals surface area contributed by atoms with Crippen LogP contribution in [-0.4, -0.2) is 12.0 Å². The summed E-state index contributed by atoms with van der Waals surface area (Å²) in [6, 6.07) is 6.81. The van der Waals surface area contributed by atoms with Crippen molar-refractivity contribution < 1.29 is 8.78 Å². The van der Waals surface area contributed by atoms with Crippen LogP contribution in [0.25, 0.3) is 0 Å². The molecule has 0 bridgehead atoms. The Balaban J connectivity index is 2.50. The van der Waals surface area contributed by atoms with E-state index >= 15 is 0 Å². The zero-order valence-electron chi connectivity index (χ0n) is 9.32. The maximum absolute atomic E-state index is 13.7. The largest absolute Gasteiger partial charge is 0.309 e. The predicted octanol–water partition coefficient (Wildman–Crippen LogP) is 2.67. The number of nitrogens with zero attached hydrogens (tertiary/aromatic N) is 1. The van der Waals surface area contributed by atoms with Crippen molar-refractivity contribution in [2.75, 3.05) is 7.05 Å². The van der Waals surface area contributed by atoms with E-state index in [0.29, 0.717) is 0 Å². The maximum Gasteiger partial charge on any atom is 0.131 e. The Morgan fingerprint density at radius 3 is 2.18 bits per heavy atom. The second kappa shape index (κ2) is 5.01. The van der Waals surface area contributed by atoms with Crippen molar-refractivity contribution >= 4 is 0 Å². The number of rotatable bonds is 3. The Bertz CT molecular complexity index is 480. The van der Waals surface area contributed by atoms with Crippen LogP contribution in [0.3, 0.4) is 0 Å². The van der Waals surface area contributed by atoms with Crippen LogP contribution in [0.2, 0.25) is 0 Å². The third-order valence-electron chi connectivity index (χ3n) is 2.62. The van der Waals surface area contributed by atoms with Crippen molar-refractivity contribution in [3.05, 3.63) is 65.5 Å². The summed E-state index contributed by atoms with van der Waals surface area (Å²) in [5.41, 5.74) is 0.799. The lowest BCUT2D eigenvalue weighted by Gasteiger charge is -2.18. The number of hydrogen-bond acceptors (Lipinski definition) is 2. The molecule has 88 valence electrons. The molecule has 1 N–H and O–H groups in total. The first kappa shape index (κ1) is 11.7. The van der Waals surface area contributed by atoms with Crippen LogP contribution in [-0.2, 0) is 0 Å². The summed E-state index contributed by atoms with van der Waals surface area (Å²) in [6.07, 6.45) is 3.19. The summed E-state index contributed by atoms with van der Waals surface area (Å²) in [5, 5.41) is 2.91. The van der Waals surface area contributed by atoms with E-state index in [0.717, 1.165) is 5.56 Å². The van der Waals surface area contributed by atoms with Gasteiger partial charge in [-0.2, -0.15) is 0 Å². The lowest BCUT2D eigenvalue weighted by Crippen LogP contribution is -2.20. The molecule has 1 unspecified atom stereocenters. The van der Waals surface area contributed by atoms with Crippen LogP contribution in [0.1, 0.15) is 17.2 Å². The first-order chi connectivity index (χ1) is 8.24. The fourth-order valence-corrected chi connectivity index (χ4v) is 1.82. The van der Waals surface area contributed by atoms with Crippen LogP contribution < -0.4 is 5.32 Å². The van der Waals surface area contributed by atoms with Crippen LogP contribution in [0.4, 0.5) is 8.78 Å². The third-order valence-corrected chi connectivity index (χ3v) is 2.62. The van der Waals surface area contributed by atoms with E-state index in [4.69, 9.17) is 0 Å². The molecule has 0 spiro atoms. The summed E-state index contributed by atoms with van der Waals surface area (Å²) >= 11 is 0. The number of nitrogens with one attached hydrogen (secondary N) is 1. The van der Waals surface area contributed by atoms with Gasteiger partial charge in [-0.15, -0.1) is 0 Å². The molecule has 0 saturated heterocycles. The van der Waals surface area contributed by atoms with Gasteiger partial charge >= 0.3 is 0 Å². The average molecular weight is 234 g/mol. The second-order valence-corrected chi connectivity index (χ2v) is 3.64. The molecule has 0 fully saturated rings. The van der Waals surface area contributed by atoms with Gasteiger partial charge < -0.3 is 5.32 Å². The number of hydrogen-bond donors (Lipinski definition) is 1. The maximum atomic E-state index is 13.7. The van der Waals surface area contributed by atoms with Gasteiger partial charge in [-0.25, -0.2) is 8.78 Å². The summed E-state index contributed by atoms with van der Waals surface area (Å²) in [6.45, 7) is 0. The van der Waals surface area contributed by atoms with Crippen molar-refractivity contribution in [1.29, 1.82) is 0 Å². The fraction of sp³-hybridized carbons (Fsp3) is 0.154. The SMILES string of the molecule is CNC(c1ccncc1)c1c(F)cccc1F. The normalized spacial score (nSPS) is 12.4. The molecule has 0 aliphatic carbocycles. The minimum absolute atomic E-state index is 0.0289. The van der Waals surface area contributed by atoms with E-state index in [1.807, 2.05) is 0 Å². The van der Waals surface area contributed by atoms with Gasteiger partial charge in [-0.1, -0.05) is 6.07 Å². The molecule has 2 rings (SSSR count). The number of halogens is 2. The highest BCUT2D eigenvalue weighted by molar-refractivity contribution is 5.32. The molecule has 1 aromatic carbocycles. The summed E-state index contributed by atoms with van der Waals surface area (Å²) in [5.74, 6) is -1.11. The molecule has 0 aliphatic rings. The molecule has 0 aliphatic heterocycles. The monoisotopic (exact) mass is 234 g/mol. The standard InChI is InChI=1S/C13H12F2N2/c1-16-13(9-5-7-17-8-6-9)12-10(14)3-2-4-11(12)15/h2-8,13,16H,1H3. The minimum Gasteiger partial charge on any atom is -0.309 e. The first-order valence-corrected chi connectivity index (χ1v) is 5.25. The smallest absolute Gasteiger partial charge is 0.131 e. The van der Waals surface area contributed by atoms with Crippen LogP contribution >= 0.6 is 0 Å². The highest BCUT2D eigenvalue weighted by Crippen LogP contribution is 2.25. The molecular formula is C13H12F2N2. The molecule has 1 atom stereocenters. The lowest BCUT2D eigenvalue weighted by molar-refractivity contribution is 0.522. The Labute approximate surface area is 98.3 Å². The molecule has 2 aromatic rings. The van der Waals surface area contributed by atoms with E-state index in [1.165, 1.54) is 18.2 Å². The number of aromatic nitrogens is 1. The van der Waals surface area contributed by atoms with Gasteiger partial charge in [0.1, 0.15) is 11.6 Å². The topological polar surface area (TPSA) is 24.9 Å². The van der Waals surface area contributed by atoms with Gasteiger partial charge in [-0.05, 0) is 36.9 Å². The van der Waals surface area contributed by atoms with E-state index in [1.54, 1.807) is 31.6 Å². The minimum atomic E-state index is -0.554. The van der Waals surface area contributed by atoms with Gasteiger partial charge in [-0.3, -0.25) is 4.98 Å². The van der Waals surface area contributed by atoms with Crippen molar-refractivity contribution in [3.63, 3.8) is 0 Å². The molecule has 0 radical (unpaired) electrons. The second-order valence-electron chi connectivity index (χ2n) is 3.64. The Hall–Kier alpha value is -1.81. The zero-order chi connectivity index (χ0) is 12.3. The number of pyridine rings is 1. The van der Waals surface area contributed by atoms with Crippen LogP contribution in [0.5, 0.6) is 0 Å². The summed E-state index contributed by atoms with van der Waals surface area (Å²) < 4.78 is 27.4. The van der Waals surface area contributed by atoms with Gasteiger partial charge in [0, 0.05) is 18.0 Å². The Morgan fingerprint density at radius 1 is 1.06 bits per heavy atom. The summed E-state index contributed by atoms with van der Waals surface area (Å²) in [7, 11) is 1.66. The van der Waals surface area contributed by atoms with Gasteiger partial charge in [0.15, 0.2) is 0 Å². The highest BCUT2D eigenvalue weighted by Gasteiger charge is 2.19. The molecular weight excluding hydrogens is 222 g/mol. The van der Waals surface area contributed by atoms with E-state index in [9.17, 15) is 8.78 Å². The number of benzene rings is 1. The fourth-order valence-electron chi connectivity index (χ4n) is 1.82. The molecule has 0 amide bonds. The van der Waals surface area contributed by atoms with Gasteiger partial charge in [0.25, 0.3) is 0 Å². The quantitative estimate of drug-likeness (QED) is 0.883. The Kier molecular flexibility index (Phi) is 3.44. The molecule has 1 aromatic heterocycles. The molecule has 2 nitrogen and oxygen atoms in total. The molecule has 0 saturated carbocycles. The van der Waals surface area contributed by atoms with Gasteiger partial charge in [0.2, 0.25) is 0 Å². The van der Waals surface area contributed by atoms with E-state index in [-0.39, 0.29) is 5.56 Å². The van der Waals surface area contributed by atoms with Crippen molar-refractivity contribution in [2.24, 2.45) is 0 Å². The molecule has 1 heterocycles. The van der Waals surface area contributed by atoms with Crippen LogP contribution in [0, 0.1) is 11.6 Å². The van der Waals surface area contributed by atoms with E-state index < -0.39 is 17.7 Å². The average Bonchev–Trinajstić information content (AvgIpc) is 2.35. The summed E-state index contributed by atoms with van der Waals surface area (Å²) in [4.78, 5) is 3.89. The highest BCUT2D eigenvalue weighted by atomic mass is 19.1. The Morgan fingerprint density at radius 2 is 1.65 bits per heavy atom. The predicted molar refractivity (Wildman–Crippen MR) is 61.5 cm³/mol. The zero-order valence-corrected chi connectivity index (χ0v) is 9.32. The molecule has 4 heteroatoms. The van der Waals surface area contributed by atoms with Crippen molar-refractivity contribution in [2.45, 2.75) is 6.04 Å². The molecule has 17 heavy (non-hydrogen) atoms. The van der Waals surface area contributed by atoms with E-state index in [2.05, 4.69) is 10.3 Å². The van der Waals surface area contributed by atoms with Crippen molar-refractivity contribution in [1.82, 2.24) is 10.3 Å². The van der Waals surface area contributed by atoms with Crippen LogP contribution in [0.15, 0.2) is 42.7 Å². The van der Waals surface area contributed by atoms with Crippen molar-refractivity contribution in [3.8, 4) is 0 Å². The van der Waals surface area contributed by atoms with Gasteiger partial charge in [0.05, 0.1) is 6.04 Å². The third kappa shape index (κ3) is 2.31.